The van der Waals surface area contributed by atoms with E-state index in [1.807, 2.05) is 10.6 Å². The van der Waals surface area contributed by atoms with Crippen LogP contribution in [0.15, 0.2) is 48.6 Å². The van der Waals surface area contributed by atoms with Gasteiger partial charge in [0.05, 0.1) is 0 Å². The molecule has 4 atom stereocenters. The van der Waals surface area contributed by atoms with E-state index in [0.29, 0.717) is 0 Å². The molecule has 2 aliphatic heterocycles. The van der Waals surface area contributed by atoms with E-state index in [2.05, 4.69) is 104 Å². The molecule has 1 aromatic carbocycles. The number of allylic oxidation sites excluding steroid dienone is 4. The molecule has 0 unspecified atom stereocenters. The quantitative estimate of drug-likeness (QED) is 0.119. The van der Waals surface area contributed by atoms with Crippen molar-refractivity contribution >= 4 is 33.7 Å². The van der Waals surface area contributed by atoms with Gasteiger partial charge in [-0.1, -0.05) is 120 Å². The van der Waals surface area contributed by atoms with E-state index in [9.17, 15) is 17.3 Å². The average Bonchev–Trinajstić information content (AvgIpc) is 3.48. The summed E-state index contributed by atoms with van der Waals surface area (Å²) >= 11 is 0. The molecule has 0 aromatic heterocycles. The average molecular weight is 716 g/mol. The third kappa shape index (κ3) is 12.8. The summed E-state index contributed by atoms with van der Waals surface area (Å²) in [6.07, 6.45) is 19.8. The van der Waals surface area contributed by atoms with Crippen LogP contribution in [0.1, 0.15) is 107 Å². The topological polar surface area (TPSA) is 0 Å². The van der Waals surface area contributed by atoms with Crippen molar-refractivity contribution in [2.45, 2.75) is 129 Å². The maximum atomic E-state index is 9.75. The number of rotatable bonds is 6. The molecule has 8 heteroatoms. The maximum absolute atomic E-state index is 9.75. The zero-order chi connectivity index (χ0) is 30.7. The Morgan fingerprint density at radius 2 is 0.738 bits per heavy atom. The van der Waals surface area contributed by atoms with Gasteiger partial charge in [-0.2, -0.15) is 0 Å². The predicted molar refractivity (Wildman–Crippen MR) is 179 cm³/mol. The summed E-state index contributed by atoms with van der Waals surface area (Å²) in [4.78, 5) is 0. The first-order valence-corrected chi connectivity index (χ1v) is 19.0. The van der Waals surface area contributed by atoms with Crippen molar-refractivity contribution < 1.29 is 36.7 Å². The number of benzene rings is 1. The van der Waals surface area contributed by atoms with Crippen molar-refractivity contribution in [2.75, 3.05) is 0 Å². The zero-order valence-electron chi connectivity index (χ0n) is 27.2. The Bertz CT molecular complexity index is 829. The van der Waals surface area contributed by atoms with E-state index < -0.39 is 7.25 Å². The van der Waals surface area contributed by atoms with Crippen LogP contribution in [-0.4, -0.2) is 29.9 Å². The third-order valence-corrected chi connectivity index (χ3v) is 17.1. The van der Waals surface area contributed by atoms with E-state index in [4.69, 9.17) is 0 Å². The molecule has 2 heterocycles. The number of hydrogen-bond acceptors (Lipinski definition) is 0. The van der Waals surface area contributed by atoms with Gasteiger partial charge >= 0.3 is 7.25 Å². The second-order valence-corrected chi connectivity index (χ2v) is 18.5. The molecule has 1 aliphatic carbocycles. The first-order valence-electron chi connectivity index (χ1n) is 16.1. The standard InChI is InChI=1S/C26H44P2.C8H12.BF4.Rh/c1-17(2)21-13-14-22(18(3)4)27(21)25-11-9-10-12-26(25)28-23(19(5)6)15-16-24(28)20(7)8;1-2-4-6-8-7-5-3-1;2-1(3,4)5;/h9-12,17-24H,13-16H2,1-8H3;1-2,7-8H,3-6H2;;/q;;-1;/b;2-1-,8-7-;;/t21-,22-,23-,24-;;;/m1.../s1. The first-order chi connectivity index (χ1) is 19.2. The van der Waals surface area contributed by atoms with Crippen molar-refractivity contribution in [1.82, 2.24) is 0 Å². The SMILES string of the molecule is C1=C\CC/C=C\CC/1.CC(C)[C@H]1CC[C@H](C(C)C)P1c1ccccc1P1[C@@H](C(C)C)CC[C@@H]1C(C)C.F[B-](F)(F)F.[Rh]. The van der Waals surface area contributed by atoms with E-state index in [-0.39, 0.29) is 35.3 Å². The van der Waals surface area contributed by atoms with Crippen LogP contribution in [0.5, 0.6) is 0 Å². The van der Waals surface area contributed by atoms with E-state index in [0.717, 1.165) is 46.3 Å². The number of hydrogen-bond donors (Lipinski definition) is 0. The molecule has 3 aliphatic rings. The minimum Gasteiger partial charge on any atom is -0.418 e. The molecule has 42 heavy (non-hydrogen) atoms. The van der Waals surface area contributed by atoms with Gasteiger partial charge in [-0.3, -0.25) is 0 Å². The molecule has 4 rings (SSSR count). The first kappa shape index (κ1) is 40.0. The summed E-state index contributed by atoms with van der Waals surface area (Å²) in [5.41, 5.74) is 3.71. The minimum absolute atomic E-state index is 0. The van der Waals surface area contributed by atoms with Crippen LogP contribution in [0.2, 0.25) is 0 Å². The molecule has 1 radical (unpaired) electrons. The molecule has 2 fully saturated rings. The van der Waals surface area contributed by atoms with Gasteiger partial charge in [0, 0.05) is 19.5 Å². The summed E-state index contributed by atoms with van der Waals surface area (Å²) < 4.78 is 39.0. The molecule has 0 spiro atoms. The van der Waals surface area contributed by atoms with Crippen LogP contribution in [0.3, 0.4) is 0 Å². The fourth-order valence-electron chi connectivity index (χ4n) is 6.82. The van der Waals surface area contributed by atoms with Crippen LogP contribution < -0.4 is 10.6 Å². The summed E-state index contributed by atoms with van der Waals surface area (Å²) in [6.45, 7) is 19.9. The number of halogens is 4. The molecule has 0 N–H and O–H groups in total. The van der Waals surface area contributed by atoms with Crippen LogP contribution in [0.4, 0.5) is 17.3 Å². The van der Waals surface area contributed by atoms with E-state index in [1.165, 1.54) is 51.4 Å². The second-order valence-electron chi connectivity index (χ2n) is 13.3. The Morgan fingerprint density at radius 1 is 0.524 bits per heavy atom. The normalized spacial score (nSPS) is 26.7. The van der Waals surface area contributed by atoms with Crippen molar-refractivity contribution in [3.05, 3.63) is 48.6 Å². The zero-order valence-corrected chi connectivity index (χ0v) is 30.6. The smallest absolute Gasteiger partial charge is 0.418 e. The second kappa shape index (κ2) is 19.5. The third-order valence-electron chi connectivity index (χ3n) is 8.80. The molecule has 243 valence electrons. The fourth-order valence-corrected chi connectivity index (χ4v) is 15.4. The summed E-state index contributed by atoms with van der Waals surface area (Å²) in [5, 5.41) is 3.66. The van der Waals surface area contributed by atoms with Crippen LogP contribution in [0.25, 0.3) is 0 Å². The molecular weight excluding hydrogens is 660 g/mol. The molecule has 0 bridgehead atoms. The molecule has 1 aromatic rings. The van der Waals surface area contributed by atoms with E-state index in [1.54, 1.807) is 0 Å². The van der Waals surface area contributed by atoms with Gasteiger partial charge in [0.2, 0.25) is 0 Å². The Morgan fingerprint density at radius 3 is 0.929 bits per heavy atom. The van der Waals surface area contributed by atoms with Crippen LogP contribution >= 0.6 is 15.8 Å². The maximum Gasteiger partial charge on any atom is 0.673 e. The molecule has 0 amide bonds. The molecule has 2 saturated heterocycles. The summed E-state index contributed by atoms with van der Waals surface area (Å²) in [5.74, 6) is 3.28. The molecule has 0 nitrogen and oxygen atoms in total. The van der Waals surface area contributed by atoms with Gasteiger partial charge < -0.3 is 17.3 Å². The minimum atomic E-state index is -6.00. The van der Waals surface area contributed by atoms with Crippen molar-refractivity contribution in [3.8, 4) is 0 Å². The molecule has 0 saturated carbocycles. The molecular formula is C34H56BF4P2Rh-. The van der Waals surface area contributed by atoms with Crippen molar-refractivity contribution in [1.29, 1.82) is 0 Å². The van der Waals surface area contributed by atoms with Gasteiger partial charge in [-0.15, -0.1) is 0 Å². The summed E-state index contributed by atoms with van der Waals surface area (Å²) in [7, 11) is -6.09. The summed E-state index contributed by atoms with van der Waals surface area (Å²) in [6, 6.07) is 9.86. The van der Waals surface area contributed by atoms with Crippen molar-refractivity contribution in [2.24, 2.45) is 23.7 Å². The van der Waals surface area contributed by atoms with Crippen molar-refractivity contribution in [3.63, 3.8) is 0 Å². The van der Waals surface area contributed by atoms with Gasteiger partial charge in [0.1, 0.15) is 0 Å². The fraction of sp³-hybridized carbons (Fsp3) is 0.706. The monoisotopic (exact) mass is 716 g/mol. The van der Waals surface area contributed by atoms with Gasteiger partial charge in [-0.05, 0) is 108 Å². The van der Waals surface area contributed by atoms with Gasteiger partial charge in [0.25, 0.3) is 0 Å². The largest absolute Gasteiger partial charge is 0.673 e. The Hall–Kier alpha value is -0.0317. The van der Waals surface area contributed by atoms with Gasteiger partial charge in [-0.25, -0.2) is 0 Å². The van der Waals surface area contributed by atoms with E-state index >= 15 is 0 Å². The van der Waals surface area contributed by atoms with Gasteiger partial charge in [0.15, 0.2) is 0 Å². The van der Waals surface area contributed by atoms with Crippen LogP contribution in [-0.2, 0) is 19.5 Å². The Labute approximate surface area is 271 Å². The Balaban J connectivity index is 0.000000522. The predicted octanol–water partition coefficient (Wildman–Crippen LogP) is 11.6. The Kier molecular flexibility index (Phi) is 18.5. The van der Waals surface area contributed by atoms with Crippen LogP contribution in [0, 0.1) is 23.7 Å².